The number of hydrogen-bond acceptors (Lipinski definition) is 6. The van der Waals surface area contributed by atoms with Gasteiger partial charge in [0.05, 0.1) is 18.1 Å². The molecule has 7 fully saturated rings. The summed E-state index contributed by atoms with van der Waals surface area (Å²) in [4.78, 5) is 27.5. The van der Waals surface area contributed by atoms with Crippen molar-refractivity contribution in [3.63, 3.8) is 0 Å². The smallest absolute Gasteiger partial charge is 0.213 e. The normalized spacial score (nSPS) is 56.2. The van der Waals surface area contributed by atoms with E-state index in [1.165, 1.54) is 0 Å². The third-order valence-corrected chi connectivity index (χ3v) is 9.39. The second-order valence-corrected chi connectivity index (χ2v) is 11.3. The molecule has 0 aromatic carbocycles. The van der Waals surface area contributed by atoms with Crippen LogP contribution in [0.4, 0.5) is 0 Å². The Bertz CT molecular complexity index is 875. The predicted molar refractivity (Wildman–Crippen MR) is 101 cm³/mol. The molecule has 4 saturated carbocycles. The molecular formula is C23H30O6. The molecule has 3 heterocycles. The van der Waals surface area contributed by atoms with Crippen molar-refractivity contribution in [2.24, 2.45) is 34.0 Å². The van der Waals surface area contributed by atoms with Crippen LogP contribution in [0.2, 0.25) is 0 Å². The van der Waals surface area contributed by atoms with Gasteiger partial charge in [-0.05, 0) is 50.0 Å². The molecule has 7 aliphatic rings. The van der Waals surface area contributed by atoms with Gasteiger partial charge in [-0.1, -0.05) is 20.4 Å². The minimum Gasteiger partial charge on any atom is -0.387 e. The van der Waals surface area contributed by atoms with E-state index in [0.29, 0.717) is 12.0 Å². The zero-order valence-electron chi connectivity index (χ0n) is 17.6. The van der Waals surface area contributed by atoms with Crippen LogP contribution in [0.1, 0.15) is 53.4 Å². The number of fused-ring (bicyclic) bond motifs is 1. The van der Waals surface area contributed by atoms with E-state index in [4.69, 9.17) is 14.2 Å². The Hall–Kier alpha value is -1.08. The lowest BCUT2D eigenvalue weighted by Gasteiger charge is -2.76. The van der Waals surface area contributed by atoms with Crippen LogP contribution in [0, 0.1) is 34.0 Å². The van der Waals surface area contributed by atoms with Gasteiger partial charge >= 0.3 is 0 Å². The van der Waals surface area contributed by atoms with E-state index in [0.717, 1.165) is 19.3 Å². The molecule has 1 N–H and O–H groups in total. The maximum Gasteiger partial charge on any atom is 0.213 e. The van der Waals surface area contributed by atoms with Crippen molar-refractivity contribution in [2.75, 3.05) is 6.61 Å². The summed E-state index contributed by atoms with van der Waals surface area (Å²) >= 11 is 0. The lowest BCUT2D eigenvalue weighted by Crippen LogP contribution is -2.88. The van der Waals surface area contributed by atoms with Crippen molar-refractivity contribution in [2.45, 2.75) is 77.2 Å². The number of ketones is 2. The summed E-state index contributed by atoms with van der Waals surface area (Å²) in [5.41, 5.74) is -1.79. The number of aliphatic hydroxyl groups excluding tert-OH is 1. The molecule has 8 unspecified atom stereocenters. The van der Waals surface area contributed by atoms with Gasteiger partial charge in [-0.3, -0.25) is 9.59 Å². The highest BCUT2D eigenvalue weighted by Gasteiger charge is 2.90. The minimum atomic E-state index is -1.50. The highest BCUT2D eigenvalue weighted by molar-refractivity contribution is 6.06. The topological polar surface area (TPSA) is 82.1 Å². The first kappa shape index (κ1) is 18.7. The van der Waals surface area contributed by atoms with Gasteiger partial charge in [0.15, 0.2) is 11.6 Å². The van der Waals surface area contributed by atoms with Crippen LogP contribution in [0.5, 0.6) is 0 Å². The maximum atomic E-state index is 13.9. The third-order valence-electron chi connectivity index (χ3n) is 9.39. The average molecular weight is 402 g/mol. The molecule has 7 rings (SSSR count). The number of ether oxygens (including phenoxy) is 3. The molecule has 158 valence electrons. The quantitative estimate of drug-likeness (QED) is 0.627. The maximum absolute atomic E-state index is 13.9. The van der Waals surface area contributed by atoms with Crippen LogP contribution in [0.3, 0.4) is 0 Å². The highest BCUT2D eigenvalue weighted by Crippen LogP contribution is 2.78. The zero-order valence-corrected chi connectivity index (χ0v) is 17.6. The van der Waals surface area contributed by atoms with E-state index in [1.807, 2.05) is 13.8 Å². The molecule has 8 atom stereocenters. The van der Waals surface area contributed by atoms with Crippen LogP contribution in [-0.4, -0.2) is 47.1 Å². The van der Waals surface area contributed by atoms with Crippen LogP contribution in [-0.2, 0) is 23.8 Å². The Morgan fingerprint density at radius 1 is 1.14 bits per heavy atom. The van der Waals surface area contributed by atoms with Gasteiger partial charge in [-0.15, -0.1) is 0 Å². The van der Waals surface area contributed by atoms with E-state index in [2.05, 4.69) is 20.4 Å². The summed E-state index contributed by atoms with van der Waals surface area (Å²) in [6, 6.07) is 0. The van der Waals surface area contributed by atoms with Crippen molar-refractivity contribution < 1.29 is 28.9 Å². The minimum absolute atomic E-state index is 0.115. The summed E-state index contributed by atoms with van der Waals surface area (Å²) in [6.45, 7) is 12.2. The zero-order chi connectivity index (χ0) is 20.8. The first-order valence-electron chi connectivity index (χ1n) is 10.9. The Morgan fingerprint density at radius 2 is 1.86 bits per heavy atom. The number of rotatable bonds is 0. The summed E-state index contributed by atoms with van der Waals surface area (Å²) in [5.74, 6) is -3.20. The van der Waals surface area contributed by atoms with Crippen LogP contribution < -0.4 is 0 Å². The van der Waals surface area contributed by atoms with Crippen LogP contribution in [0.25, 0.3) is 0 Å². The van der Waals surface area contributed by atoms with Gasteiger partial charge in [-0.2, -0.15) is 0 Å². The van der Waals surface area contributed by atoms with Crippen molar-refractivity contribution in [3.8, 4) is 0 Å². The summed E-state index contributed by atoms with van der Waals surface area (Å²) in [7, 11) is 0. The lowest BCUT2D eigenvalue weighted by molar-refractivity contribution is -0.523. The number of carbonyl (C=O) groups excluding carboxylic acids is 2. The van der Waals surface area contributed by atoms with Crippen LogP contribution in [0.15, 0.2) is 12.2 Å². The van der Waals surface area contributed by atoms with Crippen molar-refractivity contribution >= 4 is 11.6 Å². The van der Waals surface area contributed by atoms with E-state index in [-0.39, 0.29) is 41.3 Å². The monoisotopic (exact) mass is 402 g/mol. The Balaban J connectivity index is 1.69. The molecule has 3 saturated heterocycles. The van der Waals surface area contributed by atoms with Gasteiger partial charge in [0.1, 0.15) is 17.3 Å². The highest BCUT2D eigenvalue weighted by atomic mass is 16.8. The fourth-order valence-electron chi connectivity index (χ4n) is 8.61. The first-order valence-corrected chi connectivity index (χ1v) is 10.9. The fourth-order valence-corrected chi connectivity index (χ4v) is 8.61. The number of Topliss-reactive ketones (excluding diaryl/α,β-unsaturated/α-hetero) is 2. The molecule has 4 aliphatic carbocycles. The molecule has 29 heavy (non-hydrogen) atoms. The van der Waals surface area contributed by atoms with Gasteiger partial charge < -0.3 is 19.3 Å². The van der Waals surface area contributed by atoms with Crippen LogP contribution >= 0.6 is 0 Å². The number of aliphatic hydroxyl groups is 1. The number of carbonyl (C=O) groups is 2. The lowest BCUT2D eigenvalue weighted by atomic mass is 9.35. The van der Waals surface area contributed by atoms with Gasteiger partial charge in [-0.25, -0.2) is 0 Å². The standard InChI is InChI=1S/C23H30O6/c1-11-12-6-7-13-21-10-27-23(17(26)15(21)19(2,3)9-8-14(21)24)22(13,16(11)25)18(12)28-20(4,5)29-23/h12-13,15,17-18,26H,1,6-10H2,2-5H3. The summed E-state index contributed by atoms with van der Waals surface area (Å²) in [5, 5.41) is 11.9. The van der Waals surface area contributed by atoms with Crippen molar-refractivity contribution in [1.82, 2.24) is 0 Å². The van der Waals surface area contributed by atoms with E-state index in [1.54, 1.807) is 0 Å². The SMILES string of the molecule is C=C1C(=O)C23C4OC(C)(C)OC25OCC2(C(=O)CCC(C)(C)C2C5O)C3CCC14. The van der Waals surface area contributed by atoms with Gasteiger partial charge in [0.25, 0.3) is 0 Å². The average Bonchev–Trinajstić information content (AvgIpc) is 2.75. The molecule has 6 heteroatoms. The van der Waals surface area contributed by atoms with E-state index in [9.17, 15) is 14.7 Å². The van der Waals surface area contributed by atoms with Gasteiger partial charge in [0.2, 0.25) is 5.79 Å². The molecule has 4 bridgehead atoms. The number of hydrogen-bond donors (Lipinski definition) is 1. The van der Waals surface area contributed by atoms with Crippen molar-refractivity contribution in [3.05, 3.63) is 12.2 Å². The largest absolute Gasteiger partial charge is 0.387 e. The first-order chi connectivity index (χ1) is 13.5. The summed E-state index contributed by atoms with van der Waals surface area (Å²) < 4.78 is 19.2. The predicted octanol–water partition coefficient (Wildman–Crippen LogP) is 2.38. The Labute approximate surface area is 171 Å². The van der Waals surface area contributed by atoms with Crippen molar-refractivity contribution in [1.29, 1.82) is 0 Å². The van der Waals surface area contributed by atoms with E-state index >= 15 is 0 Å². The fraction of sp³-hybridized carbons (Fsp3) is 0.826. The molecule has 0 aromatic heterocycles. The second kappa shape index (κ2) is 4.87. The molecular weight excluding hydrogens is 372 g/mol. The molecule has 3 spiro atoms. The third kappa shape index (κ3) is 1.64. The summed E-state index contributed by atoms with van der Waals surface area (Å²) in [6.07, 6.45) is 1.12. The Morgan fingerprint density at radius 3 is 2.59 bits per heavy atom. The molecule has 0 amide bonds. The van der Waals surface area contributed by atoms with E-state index < -0.39 is 34.6 Å². The Kier molecular flexibility index (Phi) is 3.14. The molecule has 3 aliphatic heterocycles. The molecule has 6 nitrogen and oxygen atoms in total. The van der Waals surface area contributed by atoms with Gasteiger partial charge in [0, 0.05) is 18.3 Å². The second-order valence-electron chi connectivity index (χ2n) is 11.3. The molecule has 0 radical (unpaired) electrons. The molecule has 0 aromatic rings.